The fourth-order valence-corrected chi connectivity index (χ4v) is 4.80. The molecule has 0 aromatic carbocycles. The topological polar surface area (TPSA) is 117 Å². The molecular weight excluding hydrogens is 382 g/mol. The Morgan fingerprint density at radius 1 is 1.13 bits per heavy atom. The molecule has 1 saturated carbocycles. The van der Waals surface area contributed by atoms with Gasteiger partial charge in [0.05, 0.1) is 11.9 Å². The van der Waals surface area contributed by atoms with Crippen LogP contribution in [-0.2, 0) is 14.4 Å². The van der Waals surface area contributed by atoms with Gasteiger partial charge >= 0.3 is 11.8 Å². The van der Waals surface area contributed by atoms with Crippen LogP contribution in [0.5, 0.6) is 0 Å². The van der Waals surface area contributed by atoms with Crippen molar-refractivity contribution in [3.05, 3.63) is 17.8 Å². The molecule has 0 bridgehead atoms. The molecule has 1 aromatic heterocycles. The lowest BCUT2D eigenvalue weighted by molar-refractivity contribution is -0.147. The highest BCUT2D eigenvalue weighted by Crippen LogP contribution is 2.35. The van der Waals surface area contributed by atoms with Gasteiger partial charge in [0, 0.05) is 25.6 Å². The molecule has 2 fully saturated rings. The van der Waals surface area contributed by atoms with E-state index >= 15 is 0 Å². The number of nitrogens with one attached hydrogen (secondary N) is 2. The normalized spacial score (nSPS) is 26.7. The Hall–Kier alpha value is -2.64. The van der Waals surface area contributed by atoms with Crippen LogP contribution in [0.4, 0.5) is 11.5 Å². The average molecular weight is 416 g/mol. The minimum absolute atomic E-state index is 0.00538. The molecule has 1 saturated heterocycles. The van der Waals surface area contributed by atoms with Gasteiger partial charge in [-0.05, 0) is 68.9 Å². The van der Waals surface area contributed by atoms with Crippen molar-refractivity contribution in [3.63, 3.8) is 0 Å². The Bertz CT molecular complexity index is 804. The maximum absolute atomic E-state index is 13.1. The van der Waals surface area contributed by atoms with E-state index in [1.165, 1.54) is 6.20 Å². The predicted molar refractivity (Wildman–Crippen MR) is 115 cm³/mol. The quantitative estimate of drug-likeness (QED) is 0.655. The summed E-state index contributed by atoms with van der Waals surface area (Å²) in [5, 5.41) is 5.68. The zero-order chi connectivity index (χ0) is 21.8. The number of aryl methyl sites for hydroxylation is 1. The van der Waals surface area contributed by atoms with E-state index in [2.05, 4.69) is 22.5 Å². The Labute approximate surface area is 178 Å². The van der Waals surface area contributed by atoms with Crippen LogP contribution >= 0.6 is 0 Å². The highest BCUT2D eigenvalue weighted by atomic mass is 16.2. The van der Waals surface area contributed by atoms with Gasteiger partial charge in [0.25, 0.3) is 0 Å². The van der Waals surface area contributed by atoms with Crippen molar-refractivity contribution in [1.29, 1.82) is 0 Å². The maximum atomic E-state index is 13.1. The van der Waals surface area contributed by atoms with Crippen LogP contribution in [0.3, 0.4) is 0 Å². The van der Waals surface area contributed by atoms with Crippen molar-refractivity contribution in [1.82, 2.24) is 15.2 Å². The summed E-state index contributed by atoms with van der Waals surface area (Å²) in [6, 6.07) is 2.01. The lowest BCUT2D eigenvalue weighted by Gasteiger charge is -2.44. The molecule has 1 aromatic rings. The van der Waals surface area contributed by atoms with E-state index in [1.54, 1.807) is 24.8 Å². The molecule has 2 heterocycles. The van der Waals surface area contributed by atoms with Crippen molar-refractivity contribution in [2.24, 2.45) is 11.8 Å². The van der Waals surface area contributed by atoms with Gasteiger partial charge < -0.3 is 21.3 Å². The molecule has 1 aliphatic carbocycles. The van der Waals surface area contributed by atoms with E-state index in [1.807, 2.05) is 0 Å². The van der Waals surface area contributed by atoms with Crippen LogP contribution in [0.1, 0.15) is 57.9 Å². The second kappa shape index (κ2) is 9.45. The number of rotatable bonds is 3. The Kier molecular flexibility index (Phi) is 6.95. The number of aromatic nitrogens is 1. The number of pyridine rings is 1. The number of nitrogens with two attached hydrogens (primary N) is 1. The largest absolute Gasteiger partial charge is 0.383 e. The smallest absolute Gasteiger partial charge is 0.313 e. The molecule has 1 aliphatic heterocycles. The van der Waals surface area contributed by atoms with E-state index in [9.17, 15) is 14.4 Å². The molecule has 3 amide bonds. The standard InChI is InChI=1S/C22H33N5O3/c1-13-4-9-19(16-5-7-17(8-6-16)25-15(3)28)27(12-13)22(30)21(29)26-18-10-14(2)20(23)24-11-18/h10-11,13,16-17,19H,4-9,12H2,1-3H3,(H2,23,24)(H,25,28)(H,26,29)/t13-,16-,17+,19+/m1/s1. The van der Waals surface area contributed by atoms with E-state index in [-0.39, 0.29) is 18.0 Å². The minimum Gasteiger partial charge on any atom is -0.383 e. The van der Waals surface area contributed by atoms with Crippen molar-refractivity contribution in [2.45, 2.75) is 71.4 Å². The molecule has 4 N–H and O–H groups in total. The number of hydrogen-bond donors (Lipinski definition) is 3. The molecule has 0 spiro atoms. The molecule has 8 nitrogen and oxygen atoms in total. The fourth-order valence-electron chi connectivity index (χ4n) is 4.80. The first kappa shape index (κ1) is 22.1. The second-order valence-electron chi connectivity index (χ2n) is 8.90. The number of nitrogen functional groups attached to an aromatic ring is 1. The Morgan fingerprint density at radius 2 is 1.83 bits per heavy atom. The zero-order valence-corrected chi connectivity index (χ0v) is 18.1. The van der Waals surface area contributed by atoms with Crippen molar-refractivity contribution in [2.75, 3.05) is 17.6 Å². The third-order valence-corrected chi connectivity index (χ3v) is 6.42. The maximum Gasteiger partial charge on any atom is 0.313 e. The van der Waals surface area contributed by atoms with E-state index in [4.69, 9.17) is 5.73 Å². The summed E-state index contributed by atoms with van der Waals surface area (Å²) >= 11 is 0. The van der Waals surface area contributed by atoms with Gasteiger partial charge in [0.2, 0.25) is 5.91 Å². The summed E-state index contributed by atoms with van der Waals surface area (Å²) in [7, 11) is 0. The number of likely N-dealkylation sites (tertiary alicyclic amines) is 1. The van der Waals surface area contributed by atoms with E-state index < -0.39 is 11.8 Å². The number of hydrogen-bond acceptors (Lipinski definition) is 5. The van der Waals surface area contributed by atoms with Crippen molar-refractivity contribution >= 4 is 29.2 Å². The molecule has 30 heavy (non-hydrogen) atoms. The van der Waals surface area contributed by atoms with Crippen LogP contribution in [0, 0.1) is 18.8 Å². The minimum atomic E-state index is -0.632. The summed E-state index contributed by atoms with van der Waals surface area (Å²) in [4.78, 5) is 42.9. The van der Waals surface area contributed by atoms with Gasteiger partial charge in [-0.3, -0.25) is 14.4 Å². The monoisotopic (exact) mass is 415 g/mol. The molecule has 0 unspecified atom stereocenters. The average Bonchev–Trinajstić information content (AvgIpc) is 2.70. The zero-order valence-electron chi connectivity index (χ0n) is 18.1. The van der Waals surface area contributed by atoms with Crippen LogP contribution in [0.25, 0.3) is 0 Å². The van der Waals surface area contributed by atoms with Crippen molar-refractivity contribution in [3.8, 4) is 0 Å². The van der Waals surface area contributed by atoms with Crippen LogP contribution in [0.2, 0.25) is 0 Å². The Morgan fingerprint density at radius 3 is 2.47 bits per heavy atom. The molecule has 2 aliphatic rings. The van der Waals surface area contributed by atoms with Crippen LogP contribution in [0.15, 0.2) is 12.3 Å². The molecular formula is C22H33N5O3. The first-order valence-electron chi connectivity index (χ1n) is 10.9. The molecule has 2 atom stereocenters. The van der Waals surface area contributed by atoms with Crippen LogP contribution < -0.4 is 16.4 Å². The van der Waals surface area contributed by atoms with Gasteiger partial charge in [-0.15, -0.1) is 0 Å². The van der Waals surface area contributed by atoms with Gasteiger partial charge in [0.15, 0.2) is 0 Å². The third-order valence-electron chi connectivity index (χ3n) is 6.42. The summed E-state index contributed by atoms with van der Waals surface area (Å²) in [5.41, 5.74) is 6.95. The van der Waals surface area contributed by atoms with Gasteiger partial charge in [-0.1, -0.05) is 6.92 Å². The van der Waals surface area contributed by atoms with Gasteiger partial charge in [-0.25, -0.2) is 4.98 Å². The van der Waals surface area contributed by atoms with Gasteiger partial charge in [-0.2, -0.15) is 0 Å². The lowest BCUT2D eigenvalue weighted by atomic mass is 9.77. The first-order chi connectivity index (χ1) is 14.2. The number of anilines is 2. The molecule has 0 radical (unpaired) electrons. The number of nitrogens with zero attached hydrogens (tertiary/aromatic N) is 2. The highest BCUT2D eigenvalue weighted by Gasteiger charge is 2.39. The number of amides is 3. The summed E-state index contributed by atoms with van der Waals surface area (Å²) < 4.78 is 0. The van der Waals surface area contributed by atoms with E-state index in [0.717, 1.165) is 44.1 Å². The number of carbonyl (C=O) groups excluding carboxylic acids is 3. The summed E-state index contributed by atoms with van der Waals surface area (Å²) in [6.45, 7) is 6.07. The molecule has 164 valence electrons. The molecule has 3 rings (SSSR count). The Balaban J connectivity index is 1.66. The predicted octanol–water partition coefficient (Wildman–Crippen LogP) is 2.23. The SMILES string of the molecule is CC(=O)N[C@H]1CC[C@@H]([C@@H]2CC[C@@H](C)CN2C(=O)C(=O)Nc2cnc(N)c(C)c2)CC1. The van der Waals surface area contributed by atoms with Gasteiger partial charge in [0.1, 0.15) is 5.82 Å². The third kappa shape index (κ3) is 5.29. The number of piperidine rings is 1. The lowest BCUT2D eigenvalue weighted by Crippen LogP contribution is -2.54. The second-order valence-corrected chi connectivity index (χ2v) is 8.90. The van der Waals surface area contributed by atoms with Crippen molar-refractivity contribution < 1.29 is 14.4 Å². The van der Waals surface area contributed by atoms with Crippen LogP contribution in [-0.4, -0.2) is 46.2 Å². The first-order valence-corrected chi connectivity index (χ1v) is 10.9. The van der Waals surface area contributed by atoms with E-state index in [0.29, 0.717) is 29.9 Å². The summed E-state index contributed by atoms with van der Waals surface area (Å²) in [6.07, 6.45) is 7.18. The fraction of sp³-hybridized carbons (Fsp3) is 0.636. The summed E-state index contributed by atoms with van der Waals surface area (Å²) in [5.74, 6) is 0.0239. The number of carbonyl (C=O) groups is 3. The molecule has 8 heteroatoms. The highest BCUT2D eigenvalue weighted by molar-refractivity contribution is 6.39.